The molecule has 8 heteroatoms. The summed E-state index contributed by atoms with van der Waals surface area (Å²) in [5.41, 5.74) is 33.9. The highest BCUT2D eigenvalue weighted by atomic mass is 32.1. The highest BCUT2D eigenvalue weighted by Crippen LogP contribution is 2.71. The molecule has 0 N–H and O–H groups in total. The molecule has 0 bridgehead atoms. The lowest BCUT2D eigenvalue weighted by Gasteiger charge is -2.33. The van der Waals surface area contributed by atoms with Gasteiger partial charge in [0.1, 0.15) is 5.58 Å². The first-order chi connectivity index (χ1) is 60.5. The van der Waals surface area contributed by atoms with E-state index in [4.69, 9.17) is 4.42 Å². The van der Waals surface area contributed by atoms with Crippen LogP contribution < -0.4 is 19.6 Å². The lowest BCUT2D eigenvalue weighted by atomic mass is 9.70. The Morgan fingerprint density at radius 1 is 0.205 bits per heavy atom. The lowest BCUT2D eigenvalue weighted by molar-refractivity contribution is 0.669. The quantitative estimate of drug-likeness (QED) is 0.115. The summed E-state index contributed by atoms with van der Waals surface area (Å²) < 4.78 is 11.9. The van der Waals surface area contributed by atoms with Gasteiger partial charge in [0.05, 0.1) is 27.9 Å². The molecule has 4 heterocycles. The van der Waals surface area contributed by atoms with Crippen molar-refractivity contribution in [2.24, 2.45) is 0 Å². The van der Waals surface area contributed by atoms with Gasteiger partial charge in [-0.2, -0.15) is 0 Å². The summed E-state index contributed by atoms with van der Waals surface area (Å²) in [4.78, 5) is 12.4. The molecule has 2 unspecified atom stereocenters. The lowest BCUT2D eigenvalue weighted by Crippen LogP contribution is -2.26. The molecule has 2 atom stereocenters. The number of rotatable bonds is 13. The normalized spacial score (nSPS) is 14.8. The smallest absolute Gasteiger partial charge is 0.159 e. The number of thiophene rings is 3. The molecule has 26 rings (SSSR count). The molecule has 0 radical (unpaired) electrons. The summed E-state index contributed by atoms with van der Waals surface area (Å²) in [6.07, 6.45) is 0. The van der Waals surface area contributed by atoms with Crippen LogP contribution in [0.2, 0.25) is 0 Å². The van der Waals surface area contributed by atoms with Gasteiger partial charge in [-0.1, -0.05) is 261 Å². The first-order valence-corrected chi connectivity index (χ1v) is 44.2. The molecule has 22 aromatic rings. The van der Waals surface area contributed by atoms with Gasteiger partial charge in [-0.3, -0.25) is 0 Å². The van der Waals surface area contributed by atoms with Gasteiger partial charge in [0.15, 0.2) is 5.58 Å². The van der Waals surface area contributed by atoms with Crippen molar-refractivity contribution in [3.63, 3.8) is 0 Å². The van der Waals surface area contributed by atoms with E-state index in [0.29, 0.717) is 0 Å². The maximum atomic E-state index is 6.81. The van der Waals surface area contributed by atoms with Crippen molar-refractivity contribution < 1.29 is 4.42 Å². The van der Waals surface area contributed by atoms with Crippen LogP contribution in [0.15, 0.2) is 429 Å². The van der Waals surface area contributed by atoms with E-state index >= 15 is 0 Å². The molecule has 4 aromatic heterocycles. The van der Waals surface area contributed by atoms with Crippen LogP contribution in [0.1, 0.15) is 44.5 Å². The topological polar surface area (TPSA) is 26.1 Å². The van der Waals surface area contributed by atoms with Gasteiger partial charge in [-0.25, -0.2) is 0 Å². The number of anilines is 12. The Kier molecular flexibility index (Phi) is 15.2. The molecule has 0 amide bonds. The predicted octanol–water partition coefficient (Wildman–Crippen LogP) is 32.6. The molecule has 18 aromatic carbocycles. The number of benzene rings is 18. The molecule has 0 aliphatic heterocycles. The van der Waals surface area contributed by atoms with Gasteiger partial charge < -0.3 is 24.0 Å². The third kappa shape index (κ3) is 9.85. The van der Waals surface area contributed by atoms with E-state index in [0.717, 1.165) is 95.8 Å². The molecule has 5 nitrogen and oxygen atoms in total. The van der Waals surface area contributed by atoms with Gasteiger partial charge in [0.2, 0.25) is 0 Å². The number of fused-ring (bicyclic) bond motifs is 30. The first kappa shape index (κ1) is 69.1. The second-order valence-electron chi connectivity index (χ2n) is 32.4. The SMILES string of the molecule is c1ccc(N(c2ccc(-c3ccc4sc5ccc(N(c6ccccc6)c6cccc7c6-c6ccccc6C76c7cccc(N(c8ccccc8)c8ccccc8)c7-c7sc8ccccc8c76)cc5c4c3)cc2)c2ccc3c(c2)-c2sc4ccccc4c2C32c3ccccc3-c3cc(N(c4ccccc4)c4cccc5c4oc4ccccc45)ccc32)cc1. The van der Waals surface area contributed by atoms with E-state index in [-0.39, 0.29) is 0 Å². The van der Waals surface area contributed by atoms with E-state index in [1.807, 2.05) is 34.0 Å². The van der Waals surface area contributed by atoms with Crippen LogP contribution in [0.25, 0.3) is 117 Å². The molecule has 4 aliphatic carbocycles. The average molecular weight is 1610 g/mol. The highest BCUT2D eigenvalue weighted by molar-refractivity contribution is 7.26. The van der Waals surface area contributed by atoms with Gasteiger partial charge in [0, 0.05) is 112 Å². The minimum atomic E-state index is -0.643. The molecular formula is C114H70N4OS3. The summed E-state index contributed by atoms with van der Waals surface area (Å²) in [7, 11) is 0. The first-order valence-electron chi connectivity index (χ1n) is 41.8. The van der Waals surface area contributed by atoms with Crippen molar-refractivity contribution in [3.8, 4) is 54.3 Å². The van der Waals surface area contributed by atoms with E-state index in [1.54, 1.807) is 0 Å². The Morgan fingerprint density at radius 3 is 1.24 bits per heavy atom. The van der Waals surface area contributed by atoms with Crippen LogP contribution in [0.4, 0.5) is 68.2 Å². The van der Waals surface area contributed by atoms with Crippen molar-refractivity contribution in [2.75, 3.05) is 19.6 Å². The second-order valence-corrected chi connectivity index (χ2v) is 35.6. The third-order valence-electron chi connectivity index (χ3n) is 26.2. The van der Waals surface area contributed by atoms with Gasteiger partial charge >= 0.3 is 0 Å². The van der Waals surface area contributed by atoms with Crippen molar-refractivity contribution in [2.45, 2.75) is 10.8 Å². The maximum absolute atomic E-state index is 6.81. The predicted molar refractivity (Wildman–Crippen MR) is 514 cm³/mol. The monoisotopic (exact) mass is 1610 g/mol. The summed E-state index contributed by atoms with van der Waals surface area (Å²) in [6.45, 7) is 0. The molecule has 570 valence electrons. The molecule has 0 fully saturated rings. The molecular weight excluding hydrogens is 1540 g/mol. The minimum Gasteiger partial charge on any atom is -0.454 e. The van der Waals surface area contributed by atoms with Crippen molar-refractivity contribution in [3.05, 3.63) is 469 Å². The fourth-order valence-electron chi connectivity index (χ4n) is 21.4. The van der Waals surface area contributed by atoms with Gasteiger partial charge in [-0.15, -0.1) is 34.0 Å². The zero-order valence-electron chi connectivity index (χ0n) is 65.8. The standard InChI is InChI=1S/C114H70N4OS3/c1-6-29-73(30-7-1)115(79-60-64-95-91(70-79)111-108(86-42-19-24-53-102(86)121-111)113(95)92-45-21-16-39-82(92)88-68-80(61-63-94(88)113)118(77-37-14-5-15-38-77)100-51-26-44-84-83-40-18-23-52-101(83)119-110(84)100)78-58-55-71(56-59-78)72-57-65-104-89(67-72)90-69-81(62-66-105(90)120-104)117(76-35-12-4-13-36-76)98-49-27-47-96-106(98)85-41-17-22-46-93(85)114(96)97-48-28-50-99(107(97)112-109(114)87-43-20-25-54-103(87)122-112)116(74-31-8-2-9-32-74)75-33-10-3-11-34-75/h1-70H. The van der Waals surface area contributed by atoms with E-state index in [2.05, 4.69) is 444 Å². The van der Waals surface area contributed by atoms with Gasteiger partial charge in [0.25, 0.3) is 0 Å². The number of para-hydroxylation sites is 7. The highest BCUT2D eigenvalue weighted by Gasteiger charge is 2.57. The summed E-state index contributed by atoms with van der Waals surface area (Å²) in [6, 6.07) is 158. The second kappa shape index (κ2) is 26.8. The van der Waals surface area contributed by atoms with Crippen LogP contribution in [-0.4, -0.2) is 0 Å². The number of furan rings is 1. The molecule has 0 saturated carbocycles. The largest absolute Gasteiger partial charge is 0.454 e. The van der Waals surface area contributed by atoms with Crippen molar-refractivity contribution in [1.82, 2.24) is 0 Å². The van der Waals surface area contributed by atoms with Crippen LogP contribution in [0, 0.1) is 0 Å². The van der Waals surface area contributed by atoms with Crippen LogP contribution in [0.3, 0.4) is 0 Å². The Hall–Kier alpha value is -14.9. The number of nitrogens with zero attached hydrogens (tertiary/aromatic N) is 4. The Bertz CT molecular complexity index is 8010. The Balaban J connectivity index is 0.583. The van der Waals surface area contributed by atoms with Crippen molar-refractivity contribution in [1.29, 1.82) is 0 Å². The summed E-state index contributed by atoms with van der Waals surface area (Å²) >= 11 is 5.71. The molecule has 0 saturated heterocycles. The fraction of sp³-hybridized carbons (Fsp3) is 0.0175. The van der Waals surface area contributed by atoms with Crippen LogP contribution in [0.5, 0.6) is 0 Å². The van der Waals surface area contributed by atoms with Gasteiger partial charge in [-0.05, 0) is 252 Å². The molecule has 122 heavy (non-hydrogen) atoms. The number of hydrogen-bond donors (Lipinski definition) is 0. The van der Waals surface area contributed by atoms with Crippen molar-refractivity contribution >= 4 is 165 Å². The third-order valence-corrected chi connectivity index (χ3v) is 29.8. The maximum Gasteiger partial charge on any atom is 0.159 e. The van der Waals surface area contributed by atoms with E-state index in [1.165, 1.54) is 134 Å². The summed E-state index contributed by atoms with van der Waals surface area (Å²) in [5.74, 6) is 0. The Labute approximate surface area is 717 Å². The Morgan fingerprint density at radius 2 is 0.590 bits per heavy atom. The zero-order valence-corrected chi connectivity index (χ0v) is 68.3. The fourth-order valence-corrected chi connectivity index (χ4v) is 25.1. The zero-order chi connectivity index (χ0) is 79.9. The van der Waals surface area contributed by atoms with Crippen LogP contribution >= 0.6 is 34.0 Å². The van der Waals surface area contributed by atoms with E-state index in [9.17, 15) is 0 Å². The summed E-state index contributed by atoms with van der Waals surface area (Å²) in [5, 5.41) is 7.26. The average Bonchev–Trinajstić information content (AvgIpc) is 1.50. The molecule has 4 aliphatic rings. The minimum absolute atomic E-state index is 0.601. The van der Waals surface area contributed by atoms with E-state index < -0.39 is 10.8 Å². The molecule has 2 spiro atoms. The number of hydrogen-bond acceptors (Lipinski definition) is 8. The van der Waals surface area contributed by atoms with Crippen LogP contribution in [-0.2, 0) is 10.8 Å².